The molecule has 2 bridgehead atoms. The summed E-state index contributed by atoms with van der Waals surface area (Å²) in [6, 6.07) is 0. The van der Waals surface area contributed by atoms with E-state index >= 15 is 0 Å². The molecular formula is C14H19N3O. The predicted molar refractivity (Wildman–Crippen MR) is 67.8 cm³/mol. The molecule has 2 fully saturated rings. The summed E-state index contributed by atoms with van der Waals surface area (Å²) < 4.78 is 0. The first kappa shape index (κ1) is 11.8. The Morgan fingerprint density at radius 2 is 2.17 bits per heavy atom. The van der Waals surface area contributed by atoms with Crippen molar-refractivity contribution in [2.24, 2.45) is 11.1 Å². The number of ketones is 1. The van der Waals surface area contributed by atoms with Gasteiger partial charge in [-0.15, -0.1) is 0 Å². The summed E-state index contributed by atoms with van der Waals surface area (Å²) in [4.78, 5) is 20.8. The van der Waals surface area contributed by atoms with Crippen LogP contribution in [0, 0.1) is 5.41 Å². The fourth-order valence-electron chi connectivity index (χ4n) is 3.70. The molecule has 18 heavy (non-hydrogen) atoms. The Hall–Kier alpha value is -1.29. The van der Waals surface area contributed by atoms with E-state index < -0.39 is 0 Å². The molecule has 0 amide bonds. The van der Waals surface area contributed by atoms with Gasteiger partial charge in [-0.1, -0.05) is 6.42 Å². The average Bonchev–Trinajstić information content (AvgIpc) is 2.62. The van der Waals surface area contributed by atoms with Crippen LogP contribution in [0.1, 0.15) is 44.2 Å². The molecule has 0 spiro atoms. The number of hydrogen-bond acceptors (Lipinski definition) is 4. The molecule has 1 aromatic rings. The molecule has 2 aliphatic carbocycles. The van der Waals surface area contributed by atoms with Crippen LogP contribution >= 0.6 is 0 Å². The van der Waals surface area contributed by atoms with E-state index in [0.29, 0.717) is 12.2 Å². The highest BCUT2D eigenvalue weighted by Crippen LogP contribution is 2.53. The minimum atomic E-state index is -0.162. The van der Waals surface area contributed by atoms with Crippen molar-refractivity contribution >= 4 is 5.78 Å². The first-order valence-electron chi connectivity index (χ1n) is 6.69. The molecule has 4 heteroatoms. The van der Waals surface area contributed by atoms with Gasteiger partial charge in [0.25, 0.3) is 0 Å². The summed E-state index contributed by atoms with van der Waals surface area (Å²) in [6.45, 7) is 0. The van der Waals surface area contributed by atoms with Crippen LogP contribution < -0.4 is 5.73 Å². The van der Waals surface area contributed by atoms with E-state index in [1.165, 1.54) is 0 Å². The second-order valence-corrected chi connectivity index (χ2v) is 5.97. The van der Waals surface area contributed by atoms with Gasteiger partial charge in [0.15, 0.2) is 0 Å². The van der Waals surface area contributed by atoms with Crippen molar-refractivity contribution in [2.45, 2.75) is 50.5 Å². The Kier molecular flexibility index (Phi) is 2.70. The summed E-state index contributed by atoms with van der Waals surface area (Å²) in [5, 5.41) is 0. The molecule has 4 nitrogen and oxygen atoms in total. The number of rotatable bonds is 3. The zero-order chi connectivity index (χ0) is 12.6. The lowest BCUT2D eigenvalue weighted by Crippen LogP contribution is -2.43. The van der Waals surface area contributed by atoms with Crippen molar-refractivity contribution in [1.82, 2.24) is 9.97 Å². The molecule has 1 aromatic heterocycles. The van der Waals surface area contributed by atoms with Crippen molar-refractivity contribution in [1.29, 1.82) is 0 Å². The van der Waals surface area contributed by atoms with E-state index in [4.69, 9.17) is 5.73 Å². The van der Waals surface area contributed by atoms with Crippen molar-refractivity contribution < 1.29 is 4.79 Å². The molecule has 0 saturated heterocycles. The van der Waals surface area contributed by atoms with Gasteiger partial charge in [0.05, 0.1) is 12.1 Å². The summed E-state index contributed by atoms with van der Waals surface area (Å²) in [5.74, 6) is 0.315. The van der Waals surface area contributed by atoms with Gasteiger partial charge in [0.2, 0.25) is 0 Å². The number of fused-ring (bicyclic) bond motifs is 2. The third-order valence-electron chi connectivity index (χ3n) is 4.67. The Labute approximate surface area is 107 Å². The predicted octanol–water partition coefficient (Wildman–Crippen LogP) is 1.64. The summed E-state index contributed by atoms with van der Waals surface area (Å²) in [7, 11) is 0. The van der Waals surface area contributed by atoms with Crippen LogP contribution in [-0.4, -0.2) is 21.3 Å². The molecule has 2 N–H and O–H groups in total. The van der Waals surface area contributed by atoms with Crippen LogP contribution in [0.25, 0.3) is 0 Å². The van der Waals surface area contributed by atoms with E-state index in [2.05, 4.69) is 9.97 Å². The zero-order valence-corrected chi connectivity index (χ0v) is 10.6. The van der Waals surface area contributed by atoms with E-state index in [1.54, 1.807) is 18.6 Å². The van der Waals surface area contributed by atoms with Gasteiger partial charge in [0, 0.05) is 29.5 Å². The molecule has 96 valence electrons. The van der Waals surface area contributed by atoms with Crippen LogP contribution in [0.5, 0.6) is 0 Å². The first-order valence-corrected chi connectivity index (χ1v) is 6.69. The smallest absolute Gasteiger partial charge is 0.145 e. The lowest BCUT2D eigenvalue weighted by atomic mass is 9.70. The summed E-state index contributed by atoms with van der Waals surface area (Å²) >= 11 is 0. The number of aromatic nitrogens is 2. The topological polar surface area (TPSA) is 68.9 Å². The number of hydrogen-bond donors (Lipinski definition) is 1. The number of carbonyl (C=O) groups is 1. The Morgan fingerprint density at radius 1 is 1.28 bits per heavy atom. The highest BCUT2D eigenvalue weighted by molar-refractivity contribution is 5.87. The fourth-order valence-corrected chi connectivity index (χ4v) is 3.70. The van der Waals surface area contributed by atoms with Crippen LogP contribution in [0.2, 0.25) is 0 Å². The number of carbonyl (C=O) groups excluding carboxylic acids is 1. The Bertz CT molecular complexity index is 461. The molecule has 2 saturated carbocycles. The lowest BCUT2D eigenvalue weighted by Gasteiger charge is -2.36. The van der Waals surface area contributed by atoms with E-state index in [1.807, 2.05) is 0 Å². The summed E-state index contributed by atoms with van der Waals surface area (Å²) in [6.07, 6.45) is 11.4. The molecule has 2 unspecified atom stereocenters. The van der Waals surface area contributed by atoms with E-state index in [9.17, 15) is 4.79 Å². The first-order chi connectivity index (χ1) is 8.62. The third-order valence-corrected chi connectivity index (χ3v) is 4.67. The third kappa shape index (κ3) is 1.94. The van der Waals surface area contributed by atoms with Gasteiger partial charge in [-0.2, -0.15) is 0 Å². The highest BCUT2D eigenvalue weighted by Gasteiger charge is 2.52. The molecule has 0 aromatic carbocycles. The van der Waals surface area contributed by atoms with Gasteiger partial charge >= 0.3 is 0 Å². The van der Waals surface area contributed by atoms with E-state index in [-0.39, 0.29) is 11.0 Å². The molecule has 0 aliphatic heterocycles. The zero-order valence-electron chi connectivity index (χ0n) is 10.6. The van der Waals surface area contributed by atoms with Gasteiger partial charge in [-0.05, 0) is 32.1 Å². The van der Waals surface area contributed by atoms with Crippen molar-refractivity contribution in [3.05, 3.63) is 24.3 Å². The second kappa shape index (κ2) is 4.12. The standard InChI is InChI=1S/C14H19N3O/c15-14-3-1-2-13(10-14,4-5-14)12(18)8-11-9-16-6-7-17-11/h6-7,9H,1-5,8,10,15H2. The minimum Gasteiger partial charge on any atom is -0.325 e. The largest absolute Gasteiger partial charge is 0.325 e. The molecule has 3 rings (SSSR count). The fraction of sp³-hybridized carbons (Fsp3) is 0.643. The molecule has 2 atom stereocenters. The SMILES string of the molecule is NC12CCCC(C(=O)Cc3cnccn3)(CC1)C2. The Morgan fingerprint density at radius 3 is 2.94 bits per heavy atom. The van der Waals surface area contributed by atoms with Crippen LogP contribution in [0.3, 0.4) is 0 Å². The molecule has 0 radical (unpaired) electrons. The van der Waals surface area contributed by atoms with Crippen molar-refractivity contribution in [3.63, 3.8) is 0 Å². The lowest BCUT2D eigenvalue weighted by molar-refractivity contribution is -0.129. The van der Waals surface area contributed by atoms with Crippen molar-refractivity contribution in [3.8, 4) is 0 Å². The average molecular weight is 245 g/mol. The van der Waals surface area contributed by atoms with Crippen LogP contribution in [0.15, 0.2) is 18.6 Å². The monoisotopic (exact) mass is 245 g/mol. The number of nitrogens with zero attached hydrogens (tertiary/aromatic N) is 2. The van der Waals surface area contributed by atoms with E-state index in [0.717, 1.165) is 44.2 Å². The molecular weight excluding hydrogens is 226 g/mol. The minimum absolute atomic E-state index is 0.0731. The highest BCUT2D eigenvalue weighted by atomic mass is 16.1. The number of nitrogens with two attached hydrogens (primary N) is 1. The maximum Gasteiger partial charge on any atom is 0.145 e. The van der Waals surface area contributed by atoms with Gasteiger partial charge in [-0.25, -0.2) is 0 Å². The van der Waals surface area contributed by atoms with Crippen LogP contribution in [-0.2, 0) is 11.2 Å². The normalized spacial score (nSPS) is 34.5. The Balaban J connectivity index is 1.77. The van der Waals surface area contributed by atoms with Crippen molar-refractivity contribution in [2.75, 3.05) is 0 Å². The quantitative estimate of drug-likeness (QED) is 0.879. The molecule has 1 heterocycles. The van der Waals surface area contributed by atoms with Gasteiger partial charge in [-0.3, -0.25) is 14.8 Å². The molecule has 2 aliphatic rings. The van der Waals surface area contributed by atoms with Gasteiger partial charge < -0.3 is 5.73 Å². The van der Waals surface area contributed by atoms with Crippen LogP contribution in [0.4, 0.5) is 0 Å². The van der Waals surface area contributed by atoms with Gasteiger partial charge in [0.1, 0.15) is 5.78 Å². The second-order valence-electron chi connectivity index (χ2n) is 5.97. The summed E-state index contributed by atoms with van der Waals surface area (Å²) in [5.41, 5.74) is 6.88. The maximum absolute atomic E-state index is 12.6. The number of Topliss-reactive ketones (excluding diaryl/α,β-unsaturated/α-hetero) is 1. The maximum atomic E-state index is 12.6.